The Kier molecular flexibility index (Phi) is 4.26. The molecule has 2 aromatic carbocycles. The van der Waals surface area contributed by atoms with Crippen molar-refractivity contribution in [2.45, 2.75) is 0 Å². The molecule has 3 rings (SSSR count). The summed E-state index contributed by atoms with van der Waals surface area (Å²) in [5.74, 6) is -0.102. The molecule has 0 saturated carbocycles. The number of hydrogen-bond donors (Lipinski definition) is 1. The minimum atomic E-state index is -0.625. The Morgan fingerprint density at radius 2 is 1.96 bits per heavy atom. The molecular formula is C18H12ClNO3. The highest BCUT2D eigenvalue weighted by molar-refractivity contribution is 6.31. The minimum Gasteiger partial charge on any atom is -0.508 e. The van der Waals surface area contributed by atoms with Crippen LogP contribution in [0.4, 0.5) is 0 Å². The van der Waals surface area contributed by atoms with Gasteiger partial charge in [-0.05, 0) is 29.8 Å². The van der Waals surface area contributed by atoms with Crippen LogP contribution >= 0.6 is 11.6 Å². The van der Waals surface area contributed by atoms with Crippen LogP contribution in [0.5, 0.6) is 0 Å². The van der Waals surface area contributed by atoms with Crippen LogP contribution in [0.25, 0.3) is 23.3 Å². The van der Waals surface area contributed by atoms with Crippen LogP contribution < -0.4 is 5.63 Å². The van der Waals surface area contributed by atoms with E-state index in [1.54, 1.807) is 24.3 Å². The predicted molar refractivity (Wildman–Crippen MR) is 91.4 cm³/mol. The highest BCUT2D eigenvalue weighted by Gasteiger charge is 2.06. The predicted octanol–water partition coefficient (Wildman–Crippen LogP) is 4.45. The van der Waals surface area contributed by atoms with E-state index in [9.17, 15) is 9.90 Å². The van der Waals surface area contributed by atoms with Gasteiger partial charge in [0.1, 0.15) is 11.3 Å². The third-order valence-electron chi connectivity index (χ3n) is 3.10. The average molecular weight is 326 g/mol. The lowest BCUT2D eigenvalue weighted by Crippen LogP contribution is -2.06. The van der Waals surface area contributed by atoms with Gasteiger partial charge in [0.2, 0.25) is 0 Å². The third kappa shape index (κ3) is 3.67. The van der Waals surface area contributed by atoms with Gasteiger partial charge >= 0.3 is 5.63 Å². The van der Waals surface area contributed by atoms with Gasteiger partial charge in [0.05, 0.1) is 0 Å². The molecule has 23 heavy (non-hydrogen) atoms. The van der Waals surface area contributed by atoms with Gasteiger partial charge < -0.3 is 9.52 Å². The van der Waals surface area contributed by atoms with Crippen LogP contribution in [0.15, 0.2) is 69.6 Å². The Morgan fingerprint density at radius 3 is 2.74 bits per heavy atom. The molecule has 0 radical (unpaired) electrons. The SMILES string of the molecule is O=c1oc2ccc(Cl)cc2nc1/C=C(\O)C=Cc1ccccc1. The van der Waals surface area contributed by atoms with Gasteiger partial charge in [0.15, 0.2) is 11.3 Å². The first-order chi connectivity index (χ1) is 11.1. The second kappa shape index (κ2) is 6.50. The fraction of sp³-hybridized carbons (Fsp3) is 0. The van der Waals surface area contributed by atoms with E-state index in [1.807, 2.05) is 30.3 Å². The fourth-order valence-electron chi connectivity index (χ4n) is 2.02. The number of hydrogen-bond acceptors (Lipinski definition) is 4. The lowest BCUT2D eigenvalue weighted by Gasteiger charge is -1.99. The van der Waals surface area contributed by atoms with E-state index in [4.69, 9.17) is 16.0 Å². The van der Waals surface area contributed by atoms with Gasteiger partial charge in [-0.2, -0.15) is 0 Å². The van der Waals surface area contributed by atoms with Crippen molar-refractivity contribution in [2.24, 2.45) is 0 Å². The number of aliphatic hydroxyl groups is 1. The Hall–Kier alpha value is -2.85. The van der Waals surface area contributed by atoms with Crippen LogP contribution in [-0.4, -0.2) is 10.1 Å². The van der Waals surface area contributed by atoms with Crippen LogP contribution in [0, 0.1) is 0 Å². The molecule has 0 bridgehead atoms. The topological polar surface area (TPSA) is 63.3 Å². The van der Waals surface area contributed by atoms with Crippen LogP contribution in [0.1, 0.15) is 11.3 Å². The summed E-state index contributed by atoms with van der Waals surface area (Å²) in [4.78, 5) is 16.1. The van der Waals surface area contributed by atoms with E-state index in [1.165, 1.54) is 12.2 Å². The zero-order valence-corrected chi connectivity index (χ0v) is 12.7. The molecular weight excluding hydrogens is 314 g/mol. The summed E-state index contributed by atoms with van der Waals surface area (Å²) < 4.78 is 5.15. The molecule has 1 heterocycles. The van der Waals surface area contributed by atoms with Crippen molar-refractivity contribution in [3.05, 3.63) is 87.1 Å². The minimum absolute atomic E-state index is 0.00924. The van der Waals surface area contributed by atoms with E-state index in [0.29, 0.717) is 16.1 Å². The summed E-state index contributed by atoms with van der Waals surface area (Å²) >= 11 is 5.90. The first kappa shape index (κ1) is 15.1. The zero-order chi connectivity index (χ0) is 16.2. The number of rotatable bonds is 3. The van der Waals surface area contributed by atoms with Crippen molar-refractivity contribution in [1.82, 2.24) is 4.98 Å². The number of allylic oxidation sites excluding steroid dienone is 1. The Morgan fingerprint density at radius 1 is 1.17 bits per heavy atom. The maximum atomic E-state index is 11.9. The molecule has 1 aromatic heterocycles. The largest absolute Gasteiger partial charge is 0.508 e. The summed E-state index contributed by atoms with van der Waals surface area (Å²) in [6.07, 6.45) is 4.47. The number of aromatic nitrogens is 1. The molecule has 0 fully saturated rings. The maximum absolute atomic E-state index is 11.9. The van der Waals surface area contributed by atoms with Crippen molar-refractivity contribution >= 4 is 34.9 Å². The van der Waals surface area contributed by atoms with Gasteiger partial charge in [0, 0.05) is 11.1 Å². The Balaban J connectivity index is 1.94. The Labute approximate surface area is 137 Å². The van der Waals surface area contributed by atoms with E-state index in [2.05, 4.69) is 4.98 Å². The molecule has 1 N–H and O–H groups in total. The summed E-state index contributed by atoms with van der Waals surface area (Å²) in [7, 11) is 0. The molecule has 0 aliphatic heterocycles. The van der Waals surface area contributed by atoms with Crippen LogP contribution in [-0.2, 0) is 0 Å². The van der Waals surface area contributed by atoms with Crippen molar-refractivity contribution in [3.63, 3.8) is 0 Å². The molecule has 0 aliphatic rings. The molecule has 0 spiro atoms. The van der Waals surface area contributed by atoms with Gasteiger partial charge in [-0.1, -0.05) is 48.0 Å². The fourth-order valence-corrected chi connectivity index (χ4v) is 2.18. The standard InChI is InChI=1S/C18H12ClNO3/c19-13-7-9-17-15(10-13)20-16(18(22)23-17)11-14(21)8-6-12-4-2-1-3-5-12/h1-11,21H/b8-6?,14-11-. The Bertz CT molecular complexity index is 959. The van der Waals surface area contributed by atoms with E-state index < -0.39 is 5.63 Å². The highest BCUT2D eigenvalue weighted by atomic mass is 35.5. The number of halogens is 1. The maximum Gasteiger partial charge on any atom is 0.362 e. The summed E-state index contributed by atoms with van der Waals surface area (Å²) in [5, 5.41) is 10.4. The average Bonchev–Trinajstić information content (AvgIpc) is 2.55. The van der Waals surface area contributed by atoms with E-state index >= 15 is 0 Å². The highest BCUT2D eigenvalue weighted by Crippen LogP contribution is 2.17. The van der Waals surface area contributed by atoms with E-state index in [0.717, 1.165) is 5.56 Å². The second-order valence-electron chi connectivity index (χ2n) is 4.81. The third-order valence-corrected chi connectivity index (χ3v) is 3.34. The molecule has 114 valence electrons. The number of fused-ring (bicyclic) bond motifs is 1. The lowest BCUT2D eigenvalue weighted by molar-refractivity contribution is 0.437. The second-order valence-corrected chi connectivity index (χ2v) is 5.25. The summed E-state index contributed by atoms with van der Waals surface area (Å²) in [6.45, 7) is 0. The molecule has 0 unspecified atom stereocenters. The van der Waals surface area contributed by atoms with Crippen molar-refractivity contribution in [2.75, 3.05) is 0 Å². The van der Waals surface area contributed by atoms with Crippen molar-refractivity contribution in [1.29, 1.82) is 0 Å². The molecule has 3 aromatic rings. The number of benzene rings is 2. The van der Waals surface area contributed by atoms with Crippen molar-refractivity contribution < 1.29 is 9.52 Å². The van der Waals surface area contributed by atoms with Crippen LogP contribution in [0.2, 0.25) is 5.02 Å². The van der Waals surface area contributed by atoms with Gasteiger partial charge in [-0.25, -0.2) is 9.78 Å². The first-order valence-electron chi connectivity index (χ1n) is 6.86. The molecule has 0 atom stereocenters. The zero-order valence-electron chi connectivity index (χ0n) is 11.9. The summed E-state index contributed by atoms with van der Waals surface area (Å²) in [5.41, 5.74) is 1.10. The summed E-state index contributed by atoms with van der Waals surface area (Å²) in [6, 6.07) is 14.3. The molecule has 0 amide bonds. The monoisotopic (exact) mass is 325 g/mol. The normalized spacial score (nSPS) is 12.1. The van der Waals surface area contributed by atoms with Crippen LogP contribution in [0.3, 0.4) is 0 Å². The van der Waals surface area contributed by atoms with Crippen molar-refractivity contribution in [3.8, 4) is 0 Å². The van der Waals surface area contributed by atoms with Gasteiger partial charge in [-0.15, -0.1) is 0 Å². The molecule has 0 saturated heterocycles. The number of nitrogens with zero attached hydrogens (tertiary/aromatic N) is 1. The van der Waals surface area contributed by atoms with E-state index in [-0.39, 0.29) is 11.5 Å². The molecule has 0 aliphatic carbocycles. The van der Waals surface area contributed by atoms with Gasteiger partial charge in [0.25, 0.3) is 0 Å². The number of aliphatic hydroxyl groups excluding tert-OH is 1. The lowest BCUT2D eigenvalue weighted by atomic mass is 10.2. The smallest absolute Gasteiger partial charge is 0.362 e. The van der Waals surface area contributed by atoms with Gasteiger partial charge in [-0.3, -0.25) is 0 Å². The quantitative estimate of drug-likeness (QED) is 0.570. The molecule has 5 heteroatoms. The first-order valence-corrected chi connectivity index (χ1v) is 7.24. The molecule has 4 nitrogen and oxygen atoms in total.